The van der Waals surface area contributed by atoms with E-state index in [0.29, 0.717) is 24.4 Å². The van der Waals surface area contributed by atoms with Crippen LogP contribution in [0.25, 0.3) is 0 Å². The van der Waals surface area contributed by atoms with Crippen LogP contribution in [0.1, 0.15) is 37.5 Å². The zero-order chi connectivity index (χ0) is 22.0. The van der Waals surface area contributed by atoms with Gasteiger partial charge in [0.2, 0.25) is 19.4 Å². The molecule has 0 aromatic heterocycles. The number of aliphatic hydroxyl groups excluding tert-OH is 1. The fourth-order valence-corrected chi connectivity index (χ4v) is 4.18. The Morgan fingerprint density at radius 3 is 2.68 bits per heavy atom. The first kappa shape index (κ1) is 22.3. The van der Waals surface area contributed by atoms with Crippen LogP contribution in [0.5, 0.6) is 11.5 Å². The van der Waals surface area contributed by atoms with E-state index < -0.39 is 24.8 Å². The number of fused-ring (bicyclic) bond motifs is 2. The Bertz CT molecular complexity index is 769. The second kappa shape index (κ2) is 9.68. The number of ether oxygens (including phenoxy) is 7. The maximum atomic E-state index is 10.8. The van der Waals surface area contributed by atoms with E-state index >= 15 is 0 Å². The van der Waals surface area contributed by atoms with E-state index in [1.807, 2.05) is 19.1 Å². The zero-order valence-electron chi connectivity index (χ0n) is 17.5. The molecule has 10 nitrogen and oxygen atoms in total. The Balaban J connectivity index is 1.56. The highest BCUT2D eigenvalue weighted by Crippen LogP contribution is 2.44. The molecule has 10 heteroatoms. The van der Waals surface area contributed by atoms with Gasteiger partial charge < -0.3 is 43.4 Å². The van der Waals surface area contributed by atoms with Crippen molar-refractivity contribution in [2.45, 2.75) is 63.9 Å². The molecule has 172 valence electrons. The van der Waals surface area contributed by atoms with Gasteiger partial charge in [0.25, 0.3) is 6.47 Å². The van der Waals surface area contributed by atoms with Gasteiger partial charge in [-0.15, -0.1) is 0 Å². The van der Waals surface area contributed by atoms with E-state index in [4.69, 9.17) is 33.2 Å². The molecule has 4 unspecified atom stereocenters. The van der Waals surface area contributed by atoms with Crippen molar-refractivity contribution in [3.63, 3.8) is 0 Å². The maximum Gasteiger partial charge on any atom is 0.293 e. The zero-order valence-corrected chi connectivity index (χ0v) is 17.5. The van der Waals surface area contributed by atoms with Gasteiger partial charge in [0.1, 0.15) is 6.10 Å². The summed E-state index contributed by atoms with van der Waals surface area (Å²) in [5.74, 6) is 1.04. The molecule has 0 saturated carbocycles. The third-order valence-electron chi connectivity index (χ3n) is 5.79. The van der Waals surface area contributed by atoms with Crippen molar-refractivity contribution in [3.05, 3.63) is 23.3 Å². The van der Waals surface area contributed by atoms with Crippen LogP contribution in [0, 0.1) is 5.92 Å². The minimum Gasteiger partial charge on any atom is -0.467 e. The smallest absolute Gasteiger partial charge is 0.293 e. The number of carbonyl (C=O) groups excluding carboxylic acids is 1. The van der Waals surface area contributed by atoms with E-state index in [1.54, 1.807) is 6.92 Å². The van der Waals surface area contributed by atoms with Crippen molar-refractivity contribution in [1.29, 1.82) is 0 Å². The second-order valence-electron chi connectivity index (χ2n) is 7.89. The SMILES string of the molecule is CC1OCC(OC(O[C@@H]2c3cc4c(cc3CC[C@@H]2COC=O)OCO4)C(O)O)C(C)O1. The molecular weight excluding hydrogens is 412 g/mol. The van der Waals surface area contributed by atoms with Crippen LogP contribution in [0.2, 0.25) is 0 Å². The normalized spacial score (nSPS) is 30.7. The first-order chi connectivity index (χ1) is 15.0. The lowest BCUT2D eigenvalue weighted by Gasteiger charge is -2.39. The molecular formula is C21H28O10. The van der Waals surface area contributed by atoms with Crippen molar-refractivity contribution < 1.29 is 48.2 Å². The first-order valence-electron chi connectivity index (χ1n) is 10.4. The predicted molar refractivity (Wildman–Crippen MR) is 103 cm³/mol. The molecule has 0 amide bonds. The monoisotopic (exact) mass is 440 g/mol. The van der Waals surface area contributed by atoms with E-state index in [1.165, 1.54) is 0 Å². The third-order valence-corrected chi connectivity index (χ3v) is 5.79. The number of aryl methyl sites for hydroxylation is 1. The molecule has 1 saturated heterocycles. The second-order valence-corrected chi connectivity index (χ2v) is 7.89. The minimum atomic E-state index is -1.90. The van der Waals surface area contributed by atoms with Gasteiger partial charge in [-0.1, -0.05) is 0 Å². The molecule has 0 bridgehead atoms. The molecule has 0 spiro atoms. The molecule has 1 aliphatic carbocycles. The van der Waals surface area contributed by atoms with Crippen LogP contribution in [0.3, 0.4) is 0 Å². The van der Waals surface area contributed by atoms with Gasteiger partial charge in [0, 0.05) is 5.92 Å². The van der Waals surface area contributed by atoms with Gasteiger partial charge in [-0.3, -0.25) is 4.79 Å². The highest BCUT2D eigenvalue weighted by Gasteiger charge is 2.39. The average Bonchev–Trinajstić information content (AvgIpc) is 3.20. The fourth-order valence-electron chi connectivity index (χ4n) is 4.18. The van der Waals surface area contributed by atoms with Gasteiger partial charge in [-0.05, 0) is 49.9 Å². The molecule has 2 heterocycles. The number of hydrogen-bond acceptors (Lipinski definition) is 10. The highest BCUT2D eigenvalue weighted by atomic mass is 16.8. The molecule has 1 aromatic carbocycles. The molecule has 1 fully saturated rings. The summed E-state index contributed by atoms with van der Waals surface area (Å²) in [7, 11) is 0. The van der Waals surface area contributed by atoms with Crippen LogP contribution >= 0.6 is 0 Å². The van der Waals surface area contributed by atoms with Crippen LogP contribution in [-0.2, 0) is 34.9 Å². The van der Waals surface area contributed by atoms with E-state index in [-0.39, 0.29) is 38.3 Å². The lowest BCUT2D eigenvalue weighted by molar-refractivity contribution is -0.330. The summed E-state index contributed by atoms with van der Waals surface area (Å²) in [6, 6.07) is 3.73. The summed E-state index contributed by atoms with van der Waals surface area (Å²) in [5, 5.41) is 19.9. The number of rotatable bonds is 8. The van der Waals surface area contributed by atoms with Crippen LogP contribution in [0.15, 0.2) is 12.1 Å². The topological polar surface area (TPSA) is 122 Å². The lowest BCUT2D eigenvalue weighted by Crippen LogP contribution is -2.47. The Hall–Kier alpha value is -1.95. The van der Waals surface area contributed by atoms with Crippen LogP contribution < -0.4 is 9.47 Å². The first-order valence-corrected chi connectivity index (χ1v) is 10.4. The van der Waals surface area contributed by atoms with E-state index in [0.717, 1.165) is 17.5 Å². The molecule has 6 atom stereocenters. The third kappa shape index (κ3) is 4.94. The summed E-state index contributed by atoms with van der Waals surface area (Å²) >= 11 is 0. The van der Waals surface area contributed by atoms with Crippen LogP contribution in [0.4, 0.5) is 0 Å². The van der Waals surface area contributed by atoms with Crippen molar-refractivity contribution in [3.8, 4) is 11.5 Å². The number of carbonyl (C=O) groups is 1. The quantitative estimate of drug-likeness (QED) is 0.447. The Labute approximate surface area is 179 Å². The van der Waals surface area contributed by atoms with Crippen molar-refractivity contribution in [2.75, 3.05) is 20.0 Å². The van der Waals surface area contributed by atoms with Gasteiger partial charge in [0.15, 0.2) is 17.8 Å². The Morgan fingerprint density at radius 1 is 1.19 bits per heavy atom. The molecule has 31 heavy (non-hydrogen) atoms. The molecule has 3 aliphatic rings. The summed E-state index contributed by atoms with van der Waals surface area (Å²) in [6.45, 7) is 4.48. The number of aliphatic hydroxyl groups is 2. The summed E-state index contributed by atoms with van der Waals surface area (Å²) in [4.78, 5) is 10.8. The minimum absolute atomic E-state index is 0.125. The summed E-state index contributed by atoms with van der Waals surface area (Å²) in [5.41, 5.74) is 1.80. The Morgan fingerprint density at radius 2 is 1.97 bits per heavy atom. The van der Waals surface area contributed by atoms with Crippen molar-refractivity contribution in [1.82, 2.24) is 0 Å². The molecule has 2 N–H and O–H groups in total. The maximum absolute atomic E-state index is 10.8. The van der Waals surface area contributed by atoms with Crippen molar-refractivity contribution in [2.24, 2.45) is 5.92 Å². The largest absolute Gasteiger partial charge is 0.467 e. The number of benzene rings is 1. The van der Waals surface area contributed by atoms with Gasteiger partial charge in [-0.25, -0.2) is 0 Å². The van der Waals surface area contributed by atoms with Crippen molar-refractivity contribution >= 4 is 6.47 Å². The molecule has 1 aromatic rings. The molecule has 0 radical (unpaired) electrons. The van der Waals surface area contributed by atoms with E-state index in [9.17, 15) is 15.0 Å². The average molecular weight is 440 g/mol. The highest BCUT2D eigenvalue weighted by molar-refractivity contribution is 5.50. The van der Waals surface area contributed by atoms with Crippen LogP contribution in [-0.4, -0.2) is 67.8 Å². The number of hydrogen-bond donors (Lipinski definition) is 2. The standard InChI is InChI=1S/C21H28O10/c1-11-18(8-26-12(2)29-11)30-21(20(23)24)31-19-14(7-25-9-22)4-3-13-5-16-17(6-15(13)19)28-10-27-16/h5-6,9,11-12,14,18-21,23-24H,3-4,7-8,10H2,1-2H3/t11?,12?,14-,18?,19+,21?/m1/s1. The fraction of sp³-hybridized carbons (Fsp3) is 0.667. The molecule has 2 aliphatic heterocycles. The Kier molecular flexibility index (Phi) is 6.95. The van der Waals surface area contributed by atoms with Gasteiger partial charge in [0.05, 0.1) is 25.4 Å². The predicted octanol–water partition coefficient (Wildman–Crippen LogP) is 1.01. The summed E-state index contributed by atoms with van der Waals surface area (Å²) < 4.78 is 39.0. The van der Waals surface area contributed by atoms with E-state index in [2.05, 4.69) is 0 Å². The van der Waals surface area contributed by atoms with Gasteiger partial charge in [-0.2, -0.15) is 0 Å². The lowest BCUT2D eigenvalue weighted by atomic mass is 9.81. The summed E-state index contributed by atoms with van der Waals surface area (Å²) in [6.07, 6.45) is -3.74. The van der Waals surface area contributed by atoms with Gasteiger partial charge >= 0.3 is 0 Å². The molecule has 4 rings (SSSR count).